The number of phenols is 1. The number of carbonyl (C=O) groups is 2. The first-order valence-electron chi connectivity index (χ1n) is 20.0. The Balaban J connectivity index is 1.69. The van der Waals surface area contributed by atoms with Crippen molar-refractivity contribution in [2.24, 2.45) is 0 Å². The Hall–Kier alpha value is -2.04. The fraction of sp³-hybridized carbons (Fsp3) is 0.805. The molecule has 0 heterocycles. The van der Waals surface area contributed by atoms with Crippen molar-refractivity contribution in [1.82, 2.24) is 10.6 Å². The predicted molar refractivity (Wildman–Crippen MR) is 197 cm³/mol. The van der Waals surface area contributed by atoms with E-state index in [0.29, 0.717) is 6.54 Å². The minimum atomic E-state index is -0.612. The fourth-order valence-corrected chi connectivity index (χ4v) is 6.31. The van der Waals surface area contributed by atoms with Gasteiger partial charge in [-0.05, 0) is 24.1 Å². The summed E-state index contributed by atoms with van der Waals surface area (Å²) in [7, 11) is 0. The van der Waals surface area contributed by atoms with Crippen LogP contribution in [-0.4, -0.2) is 23.5 Å². The highest BCUT2D eigenvalue weighted by atomic mass is 16.3. The first-order chi connectivity index (χ1) is 22.6. The Kier molecular flexibility index (Phi) is 30.0. The van der Waals surface area contributed by atoms with Crippen molar-refractivity contribution in [3.63, 3.8) is 0 Å². The molecule has 1 aromatic carbocycles. The maximum Gasteiger partial charge on any atom is 0.309 e. The van der Waals surface area contributed by atoms with Crippen molar-refractivity contribution in [1.29, 1.82) is 0 Å². The van der Waals surface area contributed by atoms with Gasteiger partial charge in [0.15, 0.2) is 0 Å². The van der Waals surface area contributed by atoms with Gasteiger partial charge in [0.25, 0.3) is 0 Å². The molecule has 46 heavy (non-hydrogen) atoms. The first kappa shape index (κ1) is 42.0. The highest BCUT2D eigenvalue weighted by Gasteiger charge is 2.12. The number of phenolic OH excluding ortho intramolecular Hbond substituents is 1. The van der Waals surface area contributed by atoms with E-state index in [2.05, 4.69) is 17.6 Å². The lowest BCUT2D eigenvalue weighted by Crippen LogP contribution is -2.39. The van der Waals surface area contributed by atoms with Gasteiger partial charge in [-0.25, -0.2) is 0 Å². The first-order valence-corrected chi connectivity index (χ1v) is 20.0. The van der Waals surface area contributed by atoms with Crippen LogP contribution in [0.25, 0.3) is 0 Å². The smallest absolute Gasteiger partial charge is 0.309 e. The molecule has 2 amide bonds. The summed E-state index contributed by atoms with van der Waals surface area (Å²) in [6.07, 6.45) is 41.7. The summed E-state index contributed by atoms with van der Waals surface area (Å²) in [6, 6.07) is 6.56. The molecule has 0 fully saturated rings. The van der Waals surface area contributed by atoms with Crippen LogP contribution in [0.3, 0.4) is 0 Å². The summed E-state index contributed by atoms with van der Waals surface area (Å²) in [5, 5.41) is 14.6. The molecule has 0 aromatic heterocycles. The van der Waals surface area contributed by atoms with E-state index in [9.17, 15) is 14.7 Å². The minimum Gasteiger partial charge on any atom is -0.508 e. The standard InChI is InChI=1S/C41H74N2O3/c1-2-3-4-5-6-7-8-9-10-11-12-13-14-15-16-17-18-19-20-21-22-23-24-25-26-27-28-29-30-31-36-42-40(45)41(46)43-37-38-32-34-39(44)35-33-38/h32-35,44H,2-31,36-37H2,1H3,(H,42,45)(H,43,46). The Bertz CT molecular complexity index is 810. The van der Waals surface area contributed by atoms with Crippen molar-refractivity contribution in [3.8, 4) is 5.75 Å². The van der Waals surface area contributed by atoms with Gasteiger partial charge in [0, 0.05) is 13.1 Å². The van der Waals surface area contributed by atoms with Crippen LogP contribution in [0.2, 0.25) is 0 Å². The average molecular weight is 643 g/mol. The van der Waals surface area contributed by atoms with Gasteiger partial charge < -0.3 is 15.7 Å². The molecule has 0 unspecified atom stereocenters. The monoisotopic (exact) mass is 643 g/mol. The highest BCUT2D eigenvalue weighted by Crippen LogP contribution is 2.16. The number of nitrogens with one attached hydrogen (secondary N) is 2. The van der Waals surface area contributed by atoms with Crippen LogP contribution in [0.5, 0.6) is 5.75 Å². The van der Waals surface area contributed by atoms with E-state index in [4.69, 9.17) is 0 Å². The summed E-state index contributed by atoms with van der Waals surface area (Å²) in [5.41, 5.74) is 0.838. The Morgan fingerprint density at radius 2 is 0.717 bits per heavy atom. The molecule has 1 aromatic rings. The fourth-order valence-electron chi connectivity index (χ4n) is 6.31. The van der Waals surface area contributed by atoms with E-state index >= 15 is 0 Å². The van der Waals surface area contributed by atoms with Crippen molar-refractivity contribution < 1.29 is 14.7 Å². The number of amides is 2. The topological polar surface area (TPSA) is 78.4 Å². The third-order valence-electron chi connectivity index (χ3n) is 9.41. The van der Waals surface area contributed by atoms with Crippen LogP contribution < -0.4 is 10.6 Å². The van der Waals surface area contributed by atoms with Gasteiger partial charge in [-0.1, -0.05) is 205 Å². The quantitative estimate of drug-likeness (QED) is 0.0527. The highest BCUT2D eigenvalue weighted by molar-refractivity contribution is 6.35. The molecule has 0 saturated heterocycles. The minimum absolute atomic E-state index is 0.180. The van der Waals surface area contributed by atoms with Crippen molar-refractivity contribution in [2.45, 2.75) is 206 Å². The van der Waals surface area contributed by atoms with Gasteiger partial charge >= 0.3 is 11.8 Å². The molecular formula is C41H74N2O3. The number of hydrogen-bond acceptors (Lipinski definition) is 3. The normalized spacial score (nSPS) is 11.2. The van der Waals surface area contributed by atoms with Gasteiger partial charge in [0.2, 0.25) is 0 Å². The second kappa shape index (κ2) is 32.9. The number of benzene rings is 1. The molecule has 5 nitrogen and oxygen atoms in total. The lowest BCUT2D eigenvalue weighted by Gasteiger charge is -2.07. The van der Waals surface area contributed by atoms with E-state index in [-0.39, 0.29) is 12.3 Å². The van der Waals surface area contributed by atoms with Crippen molar-refractivity contribution in [3.05, 3.63) is 29.8 Å². The maximum atomic E-state index is 11.9. The molecule has 0 aliphatic carbocycles. The van der Waals surface area contributed by atoms with Crippen LogP contribution in [-0.2, 0) is 16.1 Å². The van der Waals surface area contributed by atoms with Crippen LogP contribution >= 0.6 is 0 Å². The molecular weight excluding hydrogens is 568 g/mol. The molecule has 1 rings (SSSR count). The molecule has 0 spiro atoms. The van der Waals surface area contributed by atoms with Gasteiger partial charge in [-0.2, -0.15) is 0 Å². The van der Waals surface area contributed by atoms with E-state index in [0.717, 1.165) is 18.4 Å². The van der Waals surface area contributed by atoms with Crippen molar-refractivity contribution >= 4 is 11.8 Å². The Labute approximate surface area is 284 Å². The van der Waals surface area contributed by atoms with Gasteiger partial charge in [0.1, 0.15) is 5.75 Å². The number of carbonyl (C=O) groups excluding carboxylic acids is 2. The third kappa shape index (κ3) is 28.2. The van der Waals surface area contributed by atoms with Crippen LogP contribution in [0.15, 0.2) is 24.3 Å². The molecule has 5 heteroatoms. The van der Waals surface area contributed by atoms with E-state index in [1.807, 2.05) is 0 Å². The molecule has 0 radical (unpaired) electrons. The molecule has 3 N–H and O–H groups in total. The largest absolute Gasteiger partial charge is 0.508 e. The molecule has 0 aliphatic rings. The van der Waals surface area contributed by atoms with E-state index < -0.39 is 11.8 Å². The average Bonchev–Trinajstić information content (AvgIpc) is 3.06. The number of rotatable bonds is 33. The molecule has 266 valence electrons. The number of unbranched alkanes of at least 4 members (excludes halogenated alkanes) is 29. The summed E-state index contributed by atoms with van der Waals surface area (Å²) in [4.78, 5) is 23.8. The van der Waals surface area contributed by atoms with Crippen molar-refractivity contribution in [2.75, 3.05) is 6.54 Å². The third-order valence-corrected chi connectivity index (χ3v) is 9.41. The molecule has 0 aliphatic heterocycles. The number of hydrogen-bond donors (Lipinski definition) is 3. The second-order valence-corrected chi connectivity index (χ2v) is 13.9. The summed E-state index contributed by atoms with van der Waals surface area (Å²) < 4.78 is 0. The maximum absolute atomic E-state index is 11.9. The van der Waals surface area contributed by atoms with E-state index in [1.54, 1.807) is 24.3 Å². The van der Waals surface area contributed by atoms with E-state index in [1.165, 1.54) is 180 Å². The SMILES string of the molecule is CCCCCCCCCCCCCCCCCCCCCCCCCCCCCCCCNC(=O)C(=O)NCc1ccc(O)cc1. The zero-order valence-corrected chi connectivity index (χ0v) is 30.2. The van der Waals surface area contributed by atoms with Gasteiger partial charge in [-0.3, -0.25) is 9.59 Å². The predicted octanol–water partition coefficient (Wildman–Crippen LogP) is 11.8. The number of aromatic hydroxyl groups is 1. The summed E-state index contributed by atoms with van der Waals surface area (Å²) in [6.45, 7) is 3.11. The van der Waals surface area contributed by atoms with Crippen LogP contribution in [0.4, 0.5) is 0 Å². The molecule has 0 saturated carbocycles. The second-order valence-electron chi connectivity index (χ2n) is 13.9. The Morgan fingerprint density at radius 1 is 0.435 bits per heavy atom. The van der Waals surface area contributed by atoms with Crippen LogP contribution in [0, 0.1) is 0 Å². The zero-order chi connectivity index (χ0) is 33.2. The molecule has 0 bridgehead atoms. The zero-order valence-electron chi connectivity index (χ0n) is 30.2. The summed E-state index contributed by atoms with van der Waals surface area (Å²) >= 11 is 0. The van der Waals surface area contributed by atoms with Crippen LogP contribution in [0.1, 0.15) is 205 Å². The Morgan fingerprint density at radius 3 is 1.04 bits per heavy atom. The van der Waals surface area contributed by atoms with Gasteiger partial charge in [0.05, 0.1) is 0 Å². The molecule has 0 atom stereocenters. The van der Waals surface area contributed by atoms with Gasteiger partial charge in [-0.15, -0.1) is 0 Å². The lowest BCUT2D eigenvalue weighted by atomic mass is 10.0. The lowest BCUT2D eigenvalue weighted by molar-refractivity contribution is -0.139. The summed E-state index contributed by atoms with van der Waals surface area (Å²) in [5.74, 6) is -1.01.